The van der Waals surface area contributed by atoms with E-state index in [1.807, 2.05) is 42.5 Å². The predicted molar refractivity (Wildman–Crippen MR) is 105 cm³/mol. The Morgan fingerprint density at radius 2 is 1.79 bits per heavy atom. The van der Waals surface area contributed by atoms with Crippen LogP contribution in [0.3, 0.4) is 0 Å². The Kier molecular flexibility index (Phi) is 5.66. The smallest absolute Gasteiger partial charge is 0.328 e. The summed E-state index contributed by atoms with van der Waals surface area (Å²) in [5.41, 5.74) is 1.59. The summed E-state index contributed by atoms with van der Waals surface area (Å²) >= 11 is 0. The van der Waals surface area contributed by atoms with Gasteiger partial charge in [-0.3, -0.25) is 10.1 Å². The second-order valence-corrected chi connectivity index (χ2v) is 7.03. The molecule has 144 valence electrons. The van der Waals surface area contributed by atoms with Crippen LogP contribution in [-0.2, 0) is 6.42 Å². The van der Waals surface area contributed by atoms with Crippen molar-refractivity contribution in [3.05, 3.63) is 71.5 Å². The molecule has 1 aromatic heterocycles. The topological polar surface area (TPSA) is 77.3 Å². The first kappa shape index (κ1) is 18.2. The Labute approximate surface area is 163 Å². The summed E-state index contributed by atoms with van der Waals surface area (Å²) in [6.45, 7) is 0. The maximum absolute atomic E-state index is 12.4. The molecule has 0 atom stereocenters. The molecule has 1 heterocycles. The van der Waals surface area contributed by atoms with Crippen LogP contribution < -0.4 is 10.1 Å². The van der Waals surface area contributed by atoms with Crippen LogP contribution in [0.25, 0.3) is 0 Å². The fourth-order valence-corrected chi connectivity index (χ4v) is 3.38. The van der Waals surface area contributed by atoms with Crippen molar-refractivity contribution in [3.8, 4) is 5.75 Å². The summed E-state index contributed by atoms with van der Waals surface area (Å²) in [4.78, 5) is 16.6. The molecule has 1 aliphatic carbocycles. The average Bonchev–Trinajstić information content (AvgIpc) is 3.17. The summed E-state index contributed by atoms with van der Waals surface area (Å²) in [5.74, 6) is 1.03. The van der Waals surface area contributed by atoms with Crippen molar-refractivity contribution >= 4 is 11.9 Å². The Morgan fingerprint density at radius 3 is 2.54 bits per heavy atom. The van der Waals surface area contributed by atoms with E-state index in [-0.39, 0.29) is 18.0 Å². The molecule has 0 bridgehead atoms. The van der Waals surface area contributed by atoms with Crippen molar-refractivity contribution in [2.24, 2.45) is 0 Å². The fourth-order valence-electron chi connectivity index (χ4n) is 3.38. The number of ether oxygens (including phenoxy) is 1. The molecule has 0 aliphatic heterocycles. The van der Waals surface area contributed by atoms with Gasteiger partial charge >= 0.3 is 6.01 Å². The number of carbonyl (C=O) groups excluding carboxylic acids is 1. The van der Waals surface area contributed by atoms with Crippen molar-refractivity contribution in [1.29, 1.82) is 0 Å². The van der Waals surface area contributed by atoms with E-state index < -0.39 is 0 Å². The molecule has 6 nitrogen and oxygen atoms in total. The van der Waals surface area contributed by atoms with E-state index in [2.05, 4.69) is 15.5 Å². The van der Waals surface area contributed by atoms with E-state index in [0.29, 0.717) is 17.8 Å². The van der Waals surface area contributed by atoms with Gasteiger partial charge in [0.2, 0.25) is 0 Å². The van der Waals surface area contributed by atoms with Gasteiger partial charge in [-0.2, -0.15) is 4.98 Å². The number of nitrogens with one attached hydrogen (secondary N) is 1. The first-order valence-corrected chi connectivity index (χ1v) is 9.71. The third-order valence-electron chi connectivity index (χ3n) is 4.87. The first-order valence-electron chi connectivity index (χ1n) is 9.71. The van der Waals surface area contributed by atoms with Crippen LogP contribution in [0.15, 0.2) is 59.1 Å². The average molecular weight is 377 g/mol. The molecule has 4 rings (SSSR count). The van der Waals surface area contributed by atoms with Crippen molar-refractivity contribution in [1.82, 2.24) is 10.1 Å². The minimum Gasteiger partial charge on any atom is -0.490 e. The standard InChI is InChI=1S/C22H23N3O3/c26-21(17-11-13-19(14-12-17)27-18-9-5-2-6-10-18)24-22-23-20(25-28-22)15-16-7-3-1-4-8-16/h1,3-4,7-8,11-14,18H,2,5-6,9-10,15H2,(H,23,24,25,26). The number of benzene rings is 2. The second kappa shape index (κ2) is 8.69. The van der Waals surface area contributed by atoms with Crippen molar-refractivity contribution in [2.75, 3.05) is 5.32 Å². The molecule has 6 heteroatoms. The van der Waals surface area contributed by atoms with E-state index in [1.54, 1.807) is 12.1 Å². The third-order valence-corrected chi connectivity index (χ3v) is 4.87. The van der Waals surface area contributed by atoms with Crippen molar-refractivity contribution in [3.63, 3.8) is 0 Å². The van der Waals surface area contributed by atoms with Crippen LogP contribution in [0.1, 0.15) is 53.8 Å². The Morgan fingerprint density at radius 1 is 1.04 bits per heavy atom. The summed E-state index contributed by atoms with van der Waals surface area (Å²) in [5, 5.41) is 6.56. The lowest BCUT2D eigenvalue weighted by molar-refractivity contribution is 0.102. The van der Waals surface area contributed by atoms with Crippen LogP contribution in [0.5, 0.6) is 5.75 Å². The van der Waals surface area contributed by atoms with Crippen LogP contribution in [-0.4, -0.2) is 22.2 Å². The number of hydrogen-bond acceptors (Lipinski definition) is 5. The van der Waals surface area contributed by atoms with Crippen LogP contribution in [0, 0.1) is 0 Å². The first-order chi connectivity index (χ1) is 13.8. The zero-order chi connectivity index (χ0) is 19.2. The molecule has 3 aromatic rings. The predicted octanol–water partition coefficient (Wildman–Crippen LogP) is 4.62. The Hall–Kier alpha value is -3.15. The number of carbonyl (C=O) groups is 1. The van der Waals surface area contributed by atoms with E-state index >= 15 is 0 Å². The van der Waals surface area contributed by atoms with Gasteiger partial charge in [0.05, 0.1) is 6.10 Å². The third kappa shape index (κ3) is 4.76. The lowest BCUT2D eigenvalue weighted by atomic mass is 9.98. The van der Waals surface area contributed by atoms with E-state index in [0.717, 1.165) is 24.2 Å². The zero-order valence-electron chi connectivity index (χ0n) is 15.6. The molecule has 1 saturated carbocycles. The van der Waals surface area contributed by atoms with Gasteiger partial charge in [0.1, 0.15) is 5.75 Å². The van der Waals surface area contributed by atoms with Crippen LogP contribution in [0.4, 0.5) is 6.01 Å². The van der Waals surface area contributed by atoms with E-state index in [9.17, 15) is 4.79 Å². The SMILES string of the molecule is O=C(Nc1nc(Cc2ccccc2)no1)c1ccc(OC2CCCCC2)cc1. The molecule has 1 amide bonds. The largest absolute Gasteiger partial charge is 0.490 e. The van der Waals surface area contributed by atoms with Gasteiger partial charge in [-0.05, 0) is 55.5 Å². The highest BCUT2D eigenvalue weighted by molar-refractivity contribution is 6.03. The summed E-state index contributed by atoms with van der Waals surface area (Å²) in [6, 6.07) is 17.1. The number of rotatable bonds is 6. The lowest BCUT2D eigenvalue weighted by Gasteiger charge is -2.23. The molecule has 1 aliphatic rings. The number of hydrogen-bond donors (Lipinski definition) is 1. The minimum absolute atomic E-state index is 0.0958. The van der Waals surface area contributed by atoms with Crippen LogP contribution in [0.2, 0.25) is 0 Å². The van der Waals surface area contributed by atoms with Gasteiger partial charge in [-0.1, -0.05) is 41.9 Å². The summed E-state index contributed by atoms with van der Waals surface area (Å²) in [7, 11) is 0. The van der Waals surface area contributed by atoms with Crippen molar-refractivity contribution in [2.45, 2.75) is 44.6 Å². The van der Waals surface area contributed by atoms with Gasteiger partial charge in [0.15, 0.2) is 5.82 Å². The maximum Gasteiger partial charge on any atom is 0.328 e. The highest BCUT2D eigenvalue weighted by Gasteiger charge is 2.16. The summed E-state index contributed by atoms with van der Waals surface area (Å²) < 4.78 is 11.1. The molecule has 1 N–H and O–H groups in total. The molecule has 1 fully saturated rings. The number of amides is 1. The normalized spacial score (nSPS) is 14.6. The molecule has 0 radical (unpaired) electrons. The van der Waals surface area contributed by atoms with E-state index in [4.69, 9.17) is 9.26 Å². The van der Waals surface area contributed by atoms with Gasteiger partial charge in [0, 0.05) is 12.0 Å². The van der Waals surface area contributed by atoms with Crippen molar-refractivity contribution < 1.29 is 14.1 Å². The quantitative estimate of drug-likeness (QED) is 0.678. The van der Waals surface area contributed by atoms with Gasteiger partial charge < -0.3 is 9.26 Å². The zero-order valence-corrected chi connectivity index (χ0v) is 15.6. The highest BCUT2D eigenvalue weighted by atomic mass is 16.5. The molecule has 28 heavy (non-hydrogen) atoms. The molecule has 2 aromatic carbocycles. The molecule has 0 spiro atoms. The Bertz CT molecular complexity index is 900. The summed E-state index contributed by atoms with van der Waals surface area (Å²) in [6.07, 6.45) is 6.78. The number of nitrogens with zero attached hydrogens (tertiary/aromatic N) is 2. The maximum atomic E-state index is 12.4. The van der Waals surface area contributed by atoms with Gasteiger partial charge in [-0.15, -0.1) is 0 Å². The molecular weight excluding hydrogens is 354 g/mol. The molecule has 0 saturated heterocycles. The molecular formula is C22H23N3O3. The van der Waals surface area contributed by atoms with Crippen LogP contribution >= 0.6 is 0 Å². The number of anilines is 1. The fraction of sp³-hybridized carbons (Fsp3) is 0.318. The van der Waals surface area contributed by atoms with Gasteiger partial charge in [0.25, 0.3) is 5.91 Å². The van der Waals surface area contributed by atoms with E-state index in [1.165, 1.54) is 19.3 Å². The minimum atomic E-state index is -0.292. The highest BCUT2D eigenvalue weighted by Crippen LogP contribution is 2.23. The Balaban J connectivity index is 1.33. The number of aromatic nitrogens is 2. The monoisotopic (exact) mass is 377 g/mol. The second-order valence-electron chi connectivity index (χ2n) is 7.03. The van der Waals surface area contributed by atoms with Gasteiger partial charge in [-0.25, -0.2) is 0 Å². The lowest BCUT2D eigenvalue weighted by Crippen LogP contribution is -2.19. The molecule has 0 unspecified atom stereocenters.